The SMILES string of the molecule is O=C(CCCCCl)Nc1ccncc1F. The first kappa shape index (κ1) is 11.9. The Morgan fingerprint density at radius 3 is 3.00 bits per heavy atom. The van der Waals surface area contributed by atoms with E-state index in [1.807, 2.05) is 0 Å². The average molecular weight is 231 g/mol. The van der Waals surface area contributed by atoms with Gasteiger partial charge < -0.3 is 5.32 Å². The van der Waals surface area contributed by atoms with Crippen molar-refractivity contribution >= 4 is 23.2 Å². The lowest BCUT2D eigenvalue weighted by Gasteiger charge is -2.04. The van der Waals surface area contributed by atoms with Gasteiger partial charge in [0.05, 0.1) is 11.9 Å². The van der Waals surface area contributed by atoms with E-state index in [1.54, 1.807) is 0 Å². The van der Waals surface area contributed by atoms with Crippen molar-refractivity contribution in [2.24, 2.45) is 0 Å². The minimum atomic E-state index is -0.525. The van der Waals surface area contributed by atoms with Crippen LogP contribution in [-0.4, -0.2) is 16.8 Å². The highest BCUT2D eigenvalue weighted by Crippen LogP contribution is 2.11. The molecule has 1 N–H and O–H groups in total. The molecule has 0 aliphatic rings. The Bertz CT molecular complexity index is 333. The smallest absolute Gasteiger partial charge is 0.224 e. The van der Waals surface area contributed by atoms with E-state index >= 15 is 0 Å². The Morgan fingerprint density at radius 1 is 1.53 bits per heavy atom. The van der Waals surface area contributed by atoms with Crippen LogP contribution in [0.25, 0.3) is 0 Å². The van der Waals surface area contributed by atoms with Crippen molar-refractivity contribution in [1.29, 1.82) is 0 Å². The summed E-state index contributed by atoms with van der Waals surface area (Å²) in [6.07, 6.45) is 4.34. The third-order valence-corrected chi connectivity index (χ3v) is 2.10. The minimum Gasteiger partial charge on any atom is -0.324 e. The van der Waals surface area contributed by atoms with Gasteiger partial charge in [0.2, 0.25) is 5.91 Å². The van der Waals surface area contributed by atoms with Gasteiger partial charge in [-0.15, -0.1) is 11.6 Å². The number of halogens is 2. The van der Waals surface area contributed by atoms with Crippen molar-refractivity contribution in [3.05, 3.63) is 24.3 Å². The molecule has 0 saturated carbocycles. The second kappa shape index (κ2) is 6.35. The molecule has 0 aliphatic heterocycles. The number of alkyl halides is 1. The molecule has 1 aromatic rings. The van der Waals surface area contributed by atoms with Crippen LogP contribution in [0.5, 0.6) is 0 Å². The van der Waals surface area contributed by atoms with Gasteiger partial charge in [-0.3, -0.25) is 9.78 Å². The number of rotatable bonds is 5. The van der Waals surface area contributed by atoms with Crippen molar-refractivity contribution in [1.82, 2.24) is 4.98 Å². The van der Waals surface area contributed by atoms with Crippen LogP contribution in [0.3, 0.4) is 0 Å². The van der Waals surface area contributed by atoms with Gasteiger partial charge in [0.25, 0.3) is 0 Å². The molecule has 0 saturated heterocycles. The van der Waals surface area contributed by atoms with Gasteiger partial charge >= 0.3 is 0 Å². The largest absolute Gasteiger partial charge is 0.324 e. The van der Waals surface area contributed by atoms with Gasteiger partial charge in [-0.1, -0.05) is 0 Å². The number of hydrogen-bond donors (Lipinski definition) is 1. The molecule has 82 valence electrons. The molecule has 1 amide bonds. The third-order valence-electron chi connectivity index (χ3n) is 1.83. The normalized spacial score (nSPS) is 10.0. The molecule has 0 aliphatic carbocycles. The Labute approximate surface area is 92.7 Å². The summed E-state index contributed by atoms with van der Waals surface area (Å²) in [4.78, 5) is 14.9. The summed E-state index contributed by atoms with van der Waals surface area (Å²) in [5, 5.41) is 2.47. The number of pyridine rings is 1. The van der Waals surface area contributed by atoms with Crippen LogP contribution in [0.2, 0.25) is 0 Å². The zero-order valence-corrected chi connectivity index (χ0v) is 8.93. The zero-order valence-electron chi connectivity index (χ0n) is 8.17. The van der Waals surface area contributed by atoms with Gasteiger partial charge in [-0.25, -0.2) is 4.39 Å². The zero-order chi connectivity index (χ0) is 11.1. The quantitative estimate of drug-likeness (QED) is 0.624. The van der Waals surface area contributed by atoms with E-state index < -0.39 is 5.82 Å². The van der Waals surface area contributed by atoms with Gasteiger partial charge in [-0.2, -0.15) is 0 Å². The molecule has 1 rings (SSSR count). The molecular weight excluding hydrogens is 219 g/mol. The van der Waals surface area contributed by atoms with Crippen molar-refractivity contribution < 1.29 is 9.18 Å². The van der Waals surface area contributed by atoms with Crippen molar-refractivity contribution in [3.63, 3.8) is 0 Å². The number of nitrogens with zero attached hydrogens (tertiary/aromatic N) is 1. The van der Waals surface area contributed by atoms with Gasteiger partial charge in [0.15, 0.2) is 5.82 Å². The number of anilines is 1. The van der Waals surface area contributed by atoms with E-state index in [4.69, 9.17) is 11.6 Å². The average Bonchev–Trinajstić information content (AvgIpc) is 2.22. The number of carbonyl (C=O) groups is 1. The van der Waals surface area contributed by atoms with Gasteiger partial charge in [0, 0.05) is 18.5 Å². The van der Waals surface area contributed by atoms with E-state index in [1.165, 1.54) is 12.3 Å². The van der Waals surface area contributed by atoms with Crippen LogP contribution in [0.15, 0.2) is 18.5 Å². The van der Waals surface area contributed by atoms with E-state index in [-0.39, 0.29) is 11.6 Å². The van der Waals surface area contributed by atoms with E-state index in [9.17, 15) is 9.18 Å². The maximum Gasteiger partial charge on any atom is 0.224 e. The van der Waals surface area contributed by atoms with E-state index in [2.05, 4.69) is 10.3 Å². The molecule has 0 radical (unpaired) electrons. The molecule has 1 heterocycles. The summed E-state index contributed by atoms with van der Waals surface area (Å²) >= 11 is 5.47. The molecule has 0 atom stereocenters. The first-order chi connectivity index (χ1) is 7.24. The van der Waals surface area contributed by atoms with Crippen molar-refractivity contribution in [2.75, 3.05) is 11.2 Å². The predicted molar refractivity (Wildman–Crippen MR) is 57.4 cm³/mol. The first-order valence-electron chi connectivity index (χ1n) is 4.69. The van der Waals surface area contributed by atoms with Crippen LogP contribution >= 0.6 is 11.6 Å². The number of aromatic nitrogens is 1. The minimum absolute atomic E-state index is 0.167. The Kier molecular flexibility index (Phi) is 5.04. The van der Waals surface area contributed by atoms with Crippen LogP contribution < -0.4 is 5.32 Å². The number of nitrogens with one attached hydrogen (secondary N) is 1. The van der Waals surface area contributed by atoms with Crippen LogP contribution in [0, 0.1) is 5.82 Å². The van der Waals surface area contributed by atoms with Crippen LogP contribution in [0.1, 0.15) is 19.3 Å². The summed E-state index contributed by atoms with van der Waals surface area (Å²) < 4.78 is 13.0. The first-order valence-corrected chi connectivity index (χ1v) is 5.23. The Hall–Kier alpha value is -1.16. The Morgan fingerprint density at radius 2 is 2.33 bits per heavy atom. The molecule has 5 heteroatoms. The molecule has 1 aromatic heterocycles. The molecule has 3 nitrogen and oxygen atoms in total. The fourth-order valence-electron chi connectivity index (χ4n) is 1.07. The summed E-state index contributed by atoms with van der Waals surface area (Å²) in [7, 11) is 0. The van der Waals surface area contributed by atoms with Crippen LogP contribution in [0.4, 0.5) is 10.1 Å². The van der Waals surface area contributed by atoms with Gasteiger partial charge in [0.1, 0.15) is 0 Å². The molecule has 0 fully saturated rings. The topological polar surface area (TPSA) is 42.0 Å². The van der Waals surface area contributed by atoms with Crippen LogP contribution in [-0.2, 0) is 4.79 Å². The summed E-state index contributed by atoms with van der Waals surface area (Å²) in [6, 6.07) is 1.43. The summed E-state index contributed by atoms with van der Waals surface area (Å²) in [5.74, 6) is -0.190. The number of carbonyl (C=O) groups excluding carboxylic acids is 1. The maximum absolute atomic E-state index is 13.0. The highest BCUT2D eigenvalue weighted by Gasteiger charge is 2.05. The third kappa shape index (κ3) is 4.25. The lowest BCUT2D eigenvalue weighted by atomic mass is 10.2. The number of amides is 1. The van der Waals surface area contributed by atoms with Crippen molar-refractivity contribution in [2.45, 2.75) is 19.3 Å². The Balaban J connectivity index is 2.41. The van der Waals surface area contributed by atoms with E-state index in [0.29, 0.717) is 18.7 Å². The second-order valence-corrected chi connectivity index (χ2v) is 3.43. The van der Waals surface area contributed by atoms with E-state index in [0.717, 1.165) is 12.6 Å². The second-order valence-electron chi connectivity index (χ2n) is 3.05. The fourth-order valence-corrected chi connectivity index (χ4v) is 1.26. The highest BCUT2D eigenvalue weighted by atomic mass is 35.5. The lowest BCUT2D eigenvalue weighted by molar-refractivity contribution is -0.116. The highest BCUT2D eigenvalue weighted by molar-refractivity contribution is 6.17. The monoisotopic (exact) mass is 230 g/mol. The summed E-state index contributed by atoms with van der Waals surface area (Å²) in [6.45, 7) is 0. The lowest BCUT2D eigenvalue weighted by Crippen LogP contribution is -2.12. The standard InChI is InChI=1S/C10H12ClFN2O/c11-5-2-1-3-10(15)14-9-4-6-13-7-8(9)12/h4,6-7H,1-3,5H2,(H,13,14,15). The van der Waals surface area contributed by atoms with Gasteiger partial charge in [-0.05, 0) is 18.9 Å². The summed E-state index contributed by atoms with van der Waals surface area (Å²) in [5.41, 5.74) is 0.167. The molecule has 0 bridgehead atoms. The number of unbranched alkanes of at least 4 members (excludes halogenated alkanes) is 1. The predicted octanol–water partition coefficient (Wildman–Crippen LogP) is 2.57. The fraction of sp³-hybridized carbons (Fsp3) is 0.400. The molecule has 0 unspecified atom stereocenters. The van der Waals surface area contributed by atoms with Crippen molar-refractivity contribution in [3.8, 4) is 0 Å². The maximum atomic E-state index is 13.0. The molecule has 15 heavy (non-hydrogen) atoms. The molecular formula is C10H12ClFN2O. The molecule has 0 aromatic carbocycles. The molecule has 0 spiro atoms. The number of hydrogen-bond acceptors (Lipinski definition) is 2.